The van der Waals surface area contributed by atoms with E-state index < -0.39 is 6.04 Å². The van der Waals surface area contributed by atoms with E-state index in [1.165, 1.54) is 4.90 Å². The molecule has 174 valence electrons. The molecule has 2 saturated heterocycles. The number of nitrogens with one attached hydrogen (secondary N) is 2. The van der Waals surface area contributed by atoms with Gasteiger partial charge in [-0.3, -0.25) is 9.59 Å². The van der Waals surface area contributed by atoms with E-state index >= 15 is 4.39 Å². The lowest BCUT2D eigenvalue weighted by Gasteiger charge is -2.35. The molecule has 6 nitrogen and oxygen atoms in total. The zero-order valence-electron chi connectivity index (χ0n) is 19.2. The lowest BCUT2D eigenvalue weighted by molar-refractivity contribution is -0.126. The van der Waals surface area contributed by atoms with E-state index in [-0.39, 0.29) is 36.3 Å². The number of rotatable bonds is 6. The van der Waals surface area contributed by atoms with Gasteiger partial charge in [0.2, 0.25) is 5.91 Å². The van der Waals surface area contributed by atoms with Crippen LogP contribution in [0, 0.1) is 11.7 Å². The SMILES string of the molecule is C=C1CCC(N2Cc3c(ccc(C[C@H]4OCCC[C@@H]4NC(C)C(C)C)c3F)C2=O)C(=O)N1. The molecule has 3 aliphatic rings. The number of carbonyl (C=O) groups is 2. The van der Waals surface area contributed by atoms with Crippen LogP contribution in [-0.4, -0.2) is 47.6 Å². The first kappa shape index (κ1) is 22.9. The Labute approximate surface area is 189 Å². The van der Waals surface area contributed by atoms with Crippen LogP contribution >= 0.6 is 0 Å². The minimum absolute atomic E-state index is 0.110. The monoisotopic (exact) mass is 443 g/mol. The highest BCUT2D eigenvalue weighted by Crippen LogP contribution is 2.32. The number of carbonyl (C=O) groups excluding carboxylic acids is 2. The first-order valence-electron chi connectivity index (χ1n) is 11.7. The minimum Gasteiger partial charge on any atom is -0.376 e. The van der Waals surface area contributed by atoms with Crippen molar-refractivity contribution in [1.82, 2.24) is 15.5 Å². The van der Waals surface area contributed by atoms with Gasteiger partial charge in [0, 0.05) is 41.9 Å². The van der Waals surface area contributed by atoms with E-state index in [1.807, 2.05) is 0 Å². The molecule has 2 fully saturated rings. The van der Waals surface area contributed by atoms with Gasteiger partial charge in [-0.15, -0.1) is 0 Å². The molecule has 7 heteroatoms. The van der Waals surface area contributed by atoms with E-state index in [4.69, 9.17) is 4.74 Å². The second-order valence-electron chi connectivity index (χ2n) is 9.71. The molecule has 4 rings (SSSR count). The lowest BCUT2D eigenvalue weighted by atomic mass is 9.92. The number of fused-ring (bicyclic) bond motifs is 1. The summed E-state index contributed by atoms with van der Waals surface area (Å²) in [4.78, 5) is 26.8. The number of hydrogen-bond donors (Lipinski definition) is 2. The molecule has 0 spiro atoms. The average molecular weight is 444 g/mol. The van der Waals surface area contributed by atoms with E-state index in [0.717, 1.165) is 12.8 Å². The Morgan fingerprint density at radius 3 is 2.78 bits per heavy atom. The highest BCUT2D eigenvalue weighted by atomic mass is 19.1. The molecular formula is C25H34FN3O3. The predicted molar refractivity (Wildman–Crippen MR) is 120 cm³/mol. The van der Waals surface area contributed by atoms with Crippen molar-refractivity contribution in [2.24, 2.45) is 5.92 Å². The highest BCUT2D eigenvalue weighted by Gasteiger charge is 2.40. The van der Waals surface area contributed by atoms with Crippen molar-refractivity contribution >= 4 is 11.8 Å². The first-order chi connectivity index (χ1) is 15.3. The topological polar surface area (TPSA) is 70.7 Å². The summed E-state index contributed by atoms with van der Waals surface area (Å²) in [6.07, 6.45) is 3.47. The maximum absolute atomic E-state index is 15.6. The van der Waals surface area contributed by atoms with Crippen molar-refractivity contribution in [2.75, 3.05) is 6.61 Å². The third-order valence-electron chi connectivity index (χ3n) is 7.18. The summed E-state index contributed by atoms with van der Waals surface area (Å²) in [6, 6.07) is 3.34. The van der Waals surface area contributed by atoms with Crippen LogP contribution < -0.4 is 10.6 Å². The Hall–Kier alpha value is -2.25. The quantitative estimate of drug-likeness (QED) is 0.708. The number of halogens is 1. The third kappa shape index (κ3) is 4.46. The molecule has 0 aromatic heterocycles. The molecule has 3 heterocycles. The van der Waals surface area contributed by atoms with Crippen LogP contribution in [0.2, 0.25) is 0 Å². The van der Waals surface area contributed by atoms with E-state index in [0.29, 0.717) is 60.2 Å². The molecule has 1 aromatic rings. The first-order valence-corrected chi connectivity index (χ1v) is 11.7. The number of ether oxygens (including phenoxy) is 1. The molecule has 4 atom stereocenters. The fourth-order valence-electron chi connectivity index (χ4n) is 4.87. The van der Waals surface area contributed by atoms with Crippen LogP contribution in [0.15, 0.2) is 24.4 Å². The maximum atomic E-state index is 15.6. The summed E-state index contributed by atoms with van der Waals surface area (Å²) in [7, 11) is 0. The van der Waals surface area contributed by atoms with E-state index in [1.54, 1.807) is 12.1 Å². The van der Waals surface area contributed by atoms with Gasteiger partial charge in [-0.2, -0.15) is 0 Å². The zero-order valence-corrected chi connectivity index (χ0v) is 19.2. The second-order valence-corrected chi connectivity index (χ2v) is 9.71. The van der Waals surface area contributed by atoms with Gasteiger partial charge in [-0.25, -0.2) is 4.39 Å². The molecule has 1 aromatic carbocycles. The van der Waals surface area contributed by atoms with E-state index in [9.17, 15) is 9.59 Å². The summed E-state index contributed by atoms with van der Waals surface area (Å²) < 4.78 is 21.6. The van der Waals surface area contributed by atoms with Crippen LogP contribution in [0.4, 0.5) is 4.39 Å². The number of piperidine rings is 1. The van der Waals surface area contributed by atoms with Crippen molar-refractivity contribution in [3.05, 3.63) is 46.9 Å². The number of benzene rings is 1. The highest BCUT2D eigenvalue weighted by molar-refractivity contribution is 6.01. The lowest BCUT2D eigenvalue weighted by Crippen LogP contribution is -2.50. The second kappa shape index (κ2) is 9.32. The normalized spacial score (nSPS) is 27.0. The van der Waals surface area contributed by atoms with Crippen LogP contribution in [0.3, 0.4) is 0 Å². The Kier molecular flexibility index (Phi) is 6.67. The zero-order chi connectivity index (χ0) is 23.0. The van der Waals surface area contributed by atoms with Crippen molar-refractivity contribution in [3.63, 3.8) is 0 Å². The molecule has 2 unspecified atom stereocenters. The number of nitrogens with zero attached hydrogens (tertiary/aromatic N) is 1. The molecule has 0 bridgehead atoms. The van der Waals surface area contributed by atoms with Gasteiger partial charge >= 0.3 is 0 Å². The molecule has 0 saturated carbocycles. The molecule has 0 radical (unpaired) electrons. The molecular weight excluding hydrogens is 409 g/mol. The largest absolute Gasteiger partial charge is 0.376 e. The fraction of sp³-hybridized carbons (Fsp3) is 0.600. The Bertz CT molecular complexity index is 916. The summed E-state index contributed by atoms with van der Waals surface area (Å²) in [5, 5.41) is 6.38. The van der Waals surface area contributed by atoms with E-state index in [2.05, 4.69) is 38.0 Å². The van der Waals surface area contributed by atoms with Crippen LogP contribution in [0.25, 0.3) is 0 Å². The van der Waals surface area contributed by atoms with Gasteiger partial charge < -0.3 is 20.3 Å². The number of allylic oxidation sites excluding steroid dienone is 1. The van der Waals surface area contributed by atoms with Gasteiger partial charge in [-0.05, 0) is 50.2 Å². The Balaban J connectivity index is 1.51. The summed E-state index contributed by atoms with van der Waals surface area (Å²) in [6.45, 7) is 11.1. The van der Waals surface area contributed by atoms with Gasteiger partial charge in [-0.1, -0.05) is 26.5 Å². The average Bonchev–Trinajstić information content (AvgIpc) is 3.08. The van der Waals surface area contributed by atoms with Crippen LogP contribution in [0.1, 0.15) is 67.9 Å². The fourth-order valence-corrected chi connectivity index (χ4v) is 4.87. The van der Waals surface area contributed by atoms with Crippen molar-refractivity contribution in [3.8, 4) is 0 Å². The Morgan fingerprint density at radius 2 is 2.06 bits per heavy atom. The number of hydrogen-bond acceptors (Lipinski definition) is 4. The van der Waals surface area contributed by atoms with Crippen molar-refractivity contribution in [2.45, 2.75) is 83.6 Å². The van der Waals surface area contributed by atoms with Crippen molar-refractivity contribution < 1.29 is 18.7 Å². The van der Waals surface area contributed by atoms with Crippen LogP contribution in [-0.2, 0) is 22.5 Å². The Morgan fingerprint density at radius 1 is 1.28 bits per heavy atom. The van der Waals surface area contributed by atoms with Gasteiger partial charge in [0.25, 0.3) is 5.91 Å². The van der Waals surface area contributed by atoms with Gasteiger partial charge in [0.15, 0.2) is 0 Å². The summed E-state index contributed by atoms with van der Waals surface area (Å²) >= 11 is 0. The number of amides is 2. The standard InChI is InChI=1S/C25H34FN3O3/c1-14(2)16(4)28-20-6-5-11-32-22(20)12-17-8-9-18-19(23(17)26)13-29(25(18)31)21-10-7-15(3)27-24(21)30/h8-9,14,16,20-22,28H,3,5-7,10-13H2,1-2,4H3,(H,27,30)/t16?,20-,21?,22+/m0/s1. The molecule has 32 heavy (non-hydrogen) atoms. The van der Waals surface area contributed by atoms with Crippen molar-refractivity contribution in [1.29, 1.82) is 0 Å². The van der Waals surface area contributed by atoms with Crippen LogP contribution in [0.5, 0.6) is 0 Å². The summed E-state index contributed by atoms with van der Waals surface area (Å²) in [5.41, 5.74) is 1.97. The minimum atomic E-state index is -0.587. The maximum Gasteiger partial charge on any atom is 0.255 e. The molecule has 2 N–H and O–H groups in total. The summed E-state index contributed by atoms with van der Waals surface area (Å²) in [5.74, 6) is -0.367. The van der Waals surface area contributed by atoms with Gasteiger partial charge in [0.05, 0.1) is 12.6 Å². The van der Waals surface area contributed by atoms with Gasteiger partial charge in [0.1, 0.15) is 11.9 Å². The molecule has 2 amide bonds. The smallest absolute Gasteiger partial charge is 0.255 e. The molecule has 3 aliphatic heterocycles. The molecule has 0 aliphatic carbocycles. The third-order valence-corrected chi connectivity index (χ3v) is 7.18. The predicted octanol–water partition coefficient (Wildman–Crippen LogP) is 3.30.